The summed E-state index contributed by atoms with van der Waals surface area (Å²) in [6.45, 7) is 10.6. The van der Waals surface area contributed by atoms with Crippen molar-refractivity contribution in [3.63, 3.8) is 0 Å². The molecule has 2 N–H and O–H groups in total. The zero-order chi connectivity index (χ0) is 32.6. The first-order valence-electron chi connectivity index (χ1n) is 15.5. The molecule has 11 nitrogen and oxygen atoms in total. The van der Waals surface area contributed by atoms with Crippen molar-refractivity contribution in [2.24, 2.45) is 0 Å². The number of carbonyl (C=O) groups is 2. The number of fused-ring (bicyclic) bond motifs is 3. The number of carbonyl (C=O) groups excluding carboxylic acids is 2. The van der Waals surface area contributed by atoms with Crippen molar-refractivity contribution in [1.82, 2.24) is 24.3 Å². The topological polar surface area (TPSA) is 125 Å². The first-order valence-corrected chi connectivity index (χ1v) is 15.5. The molecule has 0 saturated carbocycles. The number of pyridine rings is 1. The Morgan fingerprint density at radius 2 is 1.84 bits per heavy atom. The molecule has 0 radical (unpaired) electrons. The fraction of sp³-hybridized carbons (Fsp3) is 0.471. The van der Waals surface area contributed by atoms with E-state index in [1.807, 2.05) is 66.2 Å². The minimum absolute atomic E-state index is 0.0338. The summed E-state index contributed by atoms with van der Waals surface area (Å²) in [7, 11) is 3.61. The number of amides is 1. The molecule has 0 unspecified atom stereocenters. The summed E-state index contributed by atoms with van der Waals surface area (Å²) in [4.78, 5) is 39.3. The van der Waals surface area contributed by atoms with E-state index in [1.54, 1.807) is 33.9 Å². The van der Waals surface area contributed by atoms with Gasteiger partial charge in [0.1, 0.15) is 17.1 Å². The van der Waals surface area contributed by atoms with E-state index in [-0.39, 0.29) is 12.5 Å². The van der Waals surface area contributed by atoms with Crippen LogP contribution < -0.4 is 10.5 Å². The molecule has 0 saturated heterocycles. The number of ether oxygens (including phenoxy) is 3. The van der Waals surface area contributed by atoms with E-state index in [0.29, 0.717) is 62.7 Å². The van der Waals surface area contributed by atoms with Crippen LogP contribution in [0.1, 0.15) is 45.5 Å². The summed E-state index contributed by atoms with van der Waals surface area (Å²) in [5.41, 5.74) is 8.56. The number of benzene rings is 2. The maximum atomic E-state index is 13.6. The van der Waals surface area contributed by atoms with Crippen LogP contribution in [0, 0.1) is 0 Å². The highest BCUT2D eigenvalue weighted by Crippen LogP contribution is 2.29. The van der Waals surface area contributed by atoms with Crippen LogP contribution >= 0.6 is 0 Å². The van der Waals surface area contributed by atoms with Gasteiger partial charge in [-0.3, -0.25) is 9.69 Å². The normalized spacial score (nSPS) is 11.8. The minimum atomic E-state index is -1.15. The van der Waals surface area contributed by atoms with Gasteiger partial charge in [0.05, 0.1) is 30.8 Å². The highest BCUT2D eigenvalue weighted by atomic mass is 16.6. The highest BCUT2D eigenvalue weighted by Gasteiger charge is 2.31. The van der Waals surface area contributed by atoms with Crippen molar-refractivity contribution < 1.29 is 23.8 Å². The molecule has 0 bridgehead atoms. The van der Waals surface area contributed by atoms with Crippen LogP contribution in [0.4, 0.5) is 5.82 Å². The lowest BCUT2D eigenvalue weighted by atomic mass is 10.1. The van der Waals surface area contributed by atoms with Crippen LogP contribution in [0.25, 0.3) is 21.9 Å². The molecule has 0 atom stereocenters. The zero-order valence-corrected chi connectivity index (χ0v) is 27.3. The molecule has 4 rings (SSSR count). The first-order chi connectivity index (χ1) is 21.6. The second kappa shape index (κ2) is 15.2. The molecule has 2 aromatic carbocycles. The molecule has 0 fully saturated rings. The van der Waals surface area contributed by atoms with E-state index in [4.69, 9.17) is 24.9 Å². The number of para-hydroxylation sites is 1. The van der Waals surface area contributed by atoms with Gasteiger partial charge in [-0.15, -0.1) is 0 Å². The Bertz CT molecular complexity index is 1620. The summed E-state index contributed by atoms with van der Waals surface area (Å²) < 4.78 is 18.8. The lowest BCUT2D eigenvalue weighted by Crippen LogP contribution is -2.40. The number of anilines is 1. The van der Waals surface area contributed by atoms with Crippen molar-refractivity contribution in [1.29, 1.82) is 0 Å². The molecular weight excluding hydrogens is 572 g/mol. The Hall–Kier alpha value is -4.22. The number of nitrogens with zero attached hydrogens (tertiary/aromatic N) is 5. The van der Waals surface area contributed by atoms with Crippen molar-refractivity contribution in [3.8, 4) is 5.75 Å². The molecule has 0 aliphatic rings. The van der Waals surface area contributed by atoms with E-state index in [0.717, 1.165) is 34.4 Å². The van der Waals surface area contributed by atoms with Gasteiger partial charge in [-0.2, -0.15) is 0 Å². The third-order valence-corrected chi connectivity index (χ3v) is 7.74. The predicted molar refractivity (Wildman–Crippen MR) is 176 cm³/mol. The summed E-state index contributed by atoms with van der Waals surface area (Å²) in [6, 6.07) is 15.4. The smallest absolute Gasteiger partial charge is 0.349 e. The molecule has 0 aliphatic carbocycles. The predicted octanol–water partition coefficient (Wildman–Crippen LogP) is 4.45. The van der Waals surface area contributed by atoms with Crippen LogP contribution in [-0.4, -0.2) is 88.8 Å². The largest absolute Gasteiger partial charge is 0.476 e. The van der Waals surface area contributed by atoms with Gasteiger partial charge in [-0.25, -0.2) is 14.8 Å². The zero-order valence-electron chi connectivity index (χ0n) is 27.3. The molecule has 45 heavy (non-hydrogen) atoms. The second-order valence-corrected chi connectivity index (χ2v) is 11.6. The lowest BCUT2D eigenvalue weighted by Gasteiger charge is -2.27. The van der Waals surface area contributed by atoms with Crippen LogP contribution in [0.5, 0.6) is 5.75 Å². The van der Waals surface area contributed by atoms with Gasteiger partial charge in [0.15, 0.2) is 11.4 Å². The number of rotatable bonds is 16. The fourth-order valence-electron chi connectivity index (χ4n) is 5.25. The number of nitrogen functional groups attached to an aromatic ring is 1. The number of methoxy groups -OCH3 is 1. The van der Waals surface area contributed by atoms with E-state index in [1.165, 1.54) is 0 Å². The van der Waals surface area contributed by atoms with E-state index >= 15 is 0 Å². The summed E-state index contributed by atoms with van der Waals surface area (Å²) >= 11 is 0. The fourth-order valence-corrected chi connectivity index (χ4v) is 5.25. The van der Waals surface area contributed by atoms with E-state index in [9.17, 15) is 9.59 Å². The van der Waals surface area contributed by atoms with Crippen molar-refractivity contribution >= 4 is 39.6 Å². The molecule has 0 aliphatic heterocycles. The maximum absolute atomic E-state index is 13.6. The van der Waals surface area contributed by atoms with Crippen molar-refractivity contribution in [2.75, 3.05) is 52.7 Å². The number of hydrogen-bond acceptors (Lipinski definition) is 9. The maximum Gasteiger partial charge on any atom is 0.349 e. The number of aromatic nitrogens is 3. The molecule has 0 spiro atoms. The highest BCUT2D eigenvalue weighted by molar-refractivity contribution is 6.06. The quantitative estimate of drug-likeness (QED) is 0.181. The number of aryl methyl sites for hydroxylation is 1. The molecule has 11 heteroatoms. The first kappa shape index (κ1) is 33.7. The third kappa shape index (κ3) is 8.29. The van der Waals surface area contributed by atoms with Crippen LogP contribution in [0.2, 0.25) is 0 Å². The van der Waals surface area contributed by atoms with E-state index < -0.39 is 11.6 Å². The molecule has 4 aromatic rings. The molecule has 2 heterocycles. The standard InChI is InChI=1S/C34H46N6O5/c1-7-38(5)23-29(41)39(22-24-13-11-14-25(21-24)45-34(3,4)33(42)44-8-2)18-12-19-40-28(17-20-43-6)37-30-31(40)26-15-9-10-16-27(26)36-32(30)35/h9-11,13-16,21H,7-8,12,17-20,22-23H2,1-6H3,(H2,35,36). The molecule has 242 valence electrons. The van der Waals surface area contributed by atoms with Crippen molar-refractivity contribution in [3.05, 3.63) is 59.9 Å². The molecule has 1 amide bonds. The van der Waals surface area contributed by atoms with Crippen LogP contribution in [-0.2, 0) is 38.6 Å². The Balaban J connectivity index is 1.58. The third-order valence-electron chi connectivity index (χ3n) is 7.74. The minimum Gasteiger partial charge on any atom is -0.476 e. The summed E-state index contributed by atoms with van der Waals surface area (Å²) in [6.07, 6.45) is 1.31. The van der Waals surface area contributed by atoms with Gasteiger partial charge < -0.3 is 29.4 Å². The van der Waals surface area contributed by atoms with E-state index in [2.05, 4.69) is 9.55 Å². The number of esters is 1. The Morgan fingerprint density at radius 3 is 2.58 bits per heavy atom. The van der Waals surface area contributed by atoms with Gasteiger partial charge in [0.2, 0.25) is 5.91 Å². The summed E-state index contributed by atoms with van der Waals surface area (Å²) in [5, 5.41) is 0.984. The summed E-state index contributed by atoms with van der Waals surface area (Å²) in [5.74, 6) is 1.40. The number of imidazole rings is 1. The average Bonchev–Trinajstić information content (AvgIpc) is 3.38. The number of hydrogen-bond donors (Lipinski definition) is 1. The van der Waals surface area contributed by atoms with Crippen LogP contribution in [0.15, 0.2) is 48.5 Å². The SMILES string of the molecule is CCOC(=O)C(C)(C)Oc1cccc(CN(CCCn2c(CCOC)nc3c(N)nc4ccccc4c32)C(=O)CN(C)CC)c1. The Labute approximate surface area is 265 Å². The van der Waals surface area contributed by atoms with Gasteiger partial charge in [-0.1, -0.05) is 37.3 Å². The lowest BCUT2D eigenvalue weighted by molar-refractivity contribution is -0.158. The second-order valence-electron chi connectivity index (χ2n) is 11.6. The van der Waals surface area contributed by atoms with Crippen LogP contribution in [0.3, 0.4) is 0 Å². The molecular formula is C34H46N6O5. The van der Waals surface area contributed by atoms with Gasteiger partial charge >= 0.3 is 5.97 Å². The number of nitrogens with two attached hydrogens (primary N) is 1. The van der Waals surface area contributed by atoms with Gasteiger partial charge in [0, 0.05) is 38.6 Å². The average molecular weight is 619 g/mol. The van der Waals surface area contributed by atoms with Gasteiger partial charge in [-0.05, 0) is 64.5 Å². The van der Waals surface area contributed by atoms with Gasteiger partial charge in [0.25, 0.3) is 0 Å². The monoisotopic (exact) mass is 618 g/mol. The molecule has 2 aromatic heterocycles. The van der Waals surface area contributed by atoms with Crippen molar-refractivity contribution in [2.45, 2.75) is 59.2 Å². The Morgan fingerprint density at radius 1 is 1.07 bits per heavy atom. The number of likely N-dealkylation sites (N-methyl/N-ethyl adjacent to an activating group) is 1. The Kier molecular flexibility index (Phi) is 11.4.